The van der Waals surface area contributed by atoms with E-state index in [2.05, 4.69) is 5.32 Å². The molecule has 1 aliphatic heterocycles. The van der Waals surface area contributed by atoms with Crippen LogP contribution in [0.3, 0.4) is 0 Å². The zero-order chi connectivity index (χ0) is 14.8. The van der Waals surface area contributed by atoms with Crippen molar-refractivity contribution in [2.24, 2.45) is 0 Å². The van der Waals surface area contributed by atoms with Crippen molar-refractivity contribution < 1.29 is 19.1 Å². The maximum atomic E-state index is 12.3. The molecule has 0 spiro atoms. The van der Waals surface area contributed by atoms with Crippen LogP contribution in [-0.2, 0) is 17.8 Å². The van der Waals surface area contributed by atoms with E-state index in [0.29, 0.717) is 18.7 Å². The fourth-order valence-electron chi connectivity index (χ4n) is 2.49. The van der Waals surface area contributed by atoms with Crippen LogP contribution in [0.1, 0.15) is 11.1 Å². The van der Waals surface area contributed by atoms with Crippen LogP contribution < -0.4 is 10.2 Å². The summed E-state index contributed by atoms with van der Waals surface area (Å²) in [6, 6.07) is 7.68. The Morgan fingerprint density at radius 2 is 2.14 bits per heavy atom. The van der Waals surface area contributed by atoms with Gasteiger partial charge in [-0.2, -0.15) is 0 Å². The smallest absolute Gasteiger partial charge is 0.327 e. The van der Waals surface area contributed by atoms with Crippen LogP contribution in [0.5, 0.6) is 0 Å². The van der Waals surface area contributed by atoms with Crippen LogP contribution in [0.4, 0.5) is 10.5 Å². The summed E-state index contributed by atoms with van der Waals surface area (Å²) in [7, 11) is 0. The molecule has 0 saturated carbocycles. The zero-order valence-corrected chi connectivity index (χ0v) is 11.2. The van der Waals surface area contributed by atoms with Crippen LogP contribution in [0, 0.1) is 0 Å². The number of anilines is 1. The summed E-state index contributed by atoms with van der Waals surface area (Å²) in [6.07, 6.45) is 3.38. The van der Waals surface area contributed by atoms with E-state index in [1.54, 1.807) is 18.2 Å². The number of furan rings is 1. The van der Waals surface area contributed by atoms with Crippen LogP contribution in [-0.4, -0.2) is 23.1 Å². The molecule has 2 heterocycles. The average Bonchev–Trinajstić information content (AvgIpc) is 3.11. The van der Waals surface area contributed by atoms with Crippen LogP contribution in [0.25, 0.3) is 0 Å². The number of urea groups is 1. The van der Waals surface area contributed by atoms with Crippen molar-refractivity contribution in [3.63, 3.8) is 0 Å². The van der Waals surface area contributed by atoms with Crippen LogP contribution >= 0.6 is 0 Å². The molecule has 0 fully saturated rings. The molecule has 2 aromatic rings. The molecule has 0 bridgehead atoms. The van der Waals surface area contributed by atoms with Crippen molar-refractivity contribution in [3.8, 4) is 0 Å². The van der Waals surface area contributed by atoms with Gasteiger partial charge in [0.25, 0.3) is 0 Å². The largest absolute Gasteiger partial charge is 0.480 e. The second-order valence-electron chi connectivity index (χ2n) is 4.85. The molecule has 0 unspecified atom stereocenters. The second kappa shape index (κ2) is 5.32. The molecule has 0 aliphatic carbocycles. The van der Waals surface area contributed by atoms with Crippen molar-refractivity contribution in [3.05, 3.63) is 54.0 Å². The molecule has 21 heavy (non-hydrogen) atoms. The van der Waals surface area contributed by atoms with Gasteiger partial charge in [-0.1, -0.05) is 18.2 Å². The summed E-state index contributed by atoms with van der Waals surface area (Å²) in [5, 5.41) is 12.0. The summed E-state index contributed by atoms with van der Waals surface area (Å²) in [4.78, 5) is 25.0. The van der Waals surface area contributed by atoms with Crippen LogP contribution in [0.15, 0.2) is 47.3 Å². The summed E-state index contributed by atoms with van der Waals surface area (Å²) in [5.41, 5.74) is 2.33. The van der Waals surface area contributed by atoms with Gasteiger partial charge in [0, 0.05) is 24.2 Å². The van der Waals surface area contributed by atoms with Crippen molar-refractivity contribution in [2.45, 2.75) is 19.0 Å². The third-order valence-electron chi connectivity index (χ3n) is 3.50. The van der Waals surface area contributed by atoms with E-state index < -0.39 is 18.0 Å². The number of nitrogens with zero attached hydrogens (tertiary/aromatic N) is 1. The second-order valence-corrected chi connectivity index (χ2v) is 4.85. The van der Waals surface area contributed by atoms with Crippen LogP contribution in [0.2, 0.25) is 0 Å². The van der Waals surface area contributed by atoms with E-state index in [1.165, 1.54) is 17.4 Å². The lowest BCUT2D eigenvalue weighted by Crippen LogP contribution is -2.47. The number of rotatable bonds is 3. The van der Waals surface area contributed by atoms with Crippen molar-refractivity contribution in [1.82, 2.24) is 5.32 Å². The van der Waals surface area contributed by atoms with Gasteiger partial charge in [0.2, 0.25) is 0 Å². The molecule has 1 aromatic heterocycles. The standard InChI is InChI=1S/C15H14N2O4/c18-14(19)13-7-11-3-1-2-4-12(11)17(13)15(20)16-8-10-5-6-21-9-10/h1-6,9,13H,7-8H2,(H,16,20)(H,18,19)/t13-/m0/s1. The minimum absolute atomic E-state index is 0.292. The predicted molar refractivity (Wildman–Crippen MR) is 75.0 cm³/mol. The molecule has 1 aromatic carbocycles. The molecule has 2 amide bonds. The SMILES string of the molecule is O=C(O)[C@@H]1Cc2ccccc2N1C(=O)NCc1ccoc1. The monoisotopic (exact) mass is 286 g/mol. The highest BCUT2D eigenvalue weighted by Crippen LogP contribution is 2.32. The van der Waals surface area contributed by atoms with E-state index >= 15 is 0 Å². The van der Waals surface area contributed by atoms with Gasteiger partial charge in [-0.25, -0.2) is 9.59 Å². The van der Waals surface area contributed by atoms with Gasteiger partial charge in [0.05, 0.1) is 12.5 Å². The van der Waals surface area contributed by atoms with E-state index in [1.807, 2.05) is 12.1 Å². The number of carboxylic acid groups (broad SMARTS) is 1. The number of fused-ring (bicyclic) bond motifs is 1. The number of aliphatic carboxylic acids is 1. The molecule has 0 radical (unpaired) electrons. The lowest BCUT2D eigenvalue weighted by Gasteiger charge is -2.22. The Kier molecular flexibility index (Phi) is 3.35. The molecular weight excluding hydrogens is 272 g/mol. The Morgan fingerprint density at radius 1 is 1.33 bits per heavy atom. The fourth-order valence-corrected chi connectivity index (χ4v) is 2.49. The third-order valence-corrected chi connectivity index (χ3v) is 3.50. The molecule has 2 N–H and O–H groups in total. The molecular formula is C15H14N2O4. The Morgan fingerprint density at radius 3 is 2.86 bits per heavy atom. The van der Waals surface area contributed by atoms with Gasteiger partial charge in [-0.05, 0) is 17.7 Å². The summed E-state index contributed by atoms with van der Waals surface area (Å²) in [6.45, 7) is 0.292. The summed E-state index contributed by atoms with van der Waals surface area (Å²) in [5.74, 6) is -1.01. The Labute approximate surface area is 121 Å². The van der Waals surface area contributed by atoms with Gasteiger partial charge in [0.1, 0.15) is 6.04 Å². The quantitative estimate of drug-likeness (QED) is 0.904. The maximum absolute atomic E-state index is 12.3. The number of carboxylic acids is 1. The Balaban J connectivity index is 1.80. The molecule has 6 heteroatoms. The highest BCUT2D eigenvalue weighted by Gasteiger charge is 2.38. The van der Waals surface area contributed by atoms with Gasteiger partial charge < -0.3 is 14.8 Å². The van der Waals surface area contributed by atoms with E-state index in [9.17, 15) is 14.7 Å². The molecule has 1 aliphatic rings. The Bertz CT molecular complexity index is 666. The van der Waals surface area contributed by atoms with Crippen molar-refractivity contribution in [2.75, 3.05) is 4.90 Å². The number of hydrogen-bond donors (Lipinski definition) is 2. The fraction of sp³-hybridized carbons (Fsp3) is 0.200. The minimum atomic E-state index is -1.01. The number of para-hydroxylation sites is 1. The summed E-state index contributed by atoms with van der Waals surface area (Å²) < 4.78 is 4.93. The zero-order valence-electron chi connectivity index (χ0n) is 11.2. The normalized spacial score (nSPS) is 16.6. The topological polar surface area (TPSA) is 82.8 Å². The minimum Gasteiger partial charge on any atom is -0.480 e. The molecule has 108 valence electrons. The van der Waals surface area contributed by atoms with Crippen molar-refractivity contribution in [1.29, 1.82) is 0 Å². The molecule has 0 saturated heterocycles. The van der Waals surface area contributed by atoms with Crippen molar-refractivity contribution >= 4 is 17.7 Å². The first-order valence-corrected chi connectivity index (χ1v) is 6.55. The number of carbonyl (C=O) groups excluding carboxylic acids is 1. The Hall–Kier alpha value is -2.76. The average molecular weight is 286 g/mol. The lowest BCUT2D eigenvalue weighted by molar-refractivity contribution is -0.138. The highest BCUT2D eigenvalue weighted by atomic mass is 16.4. The van der Waals surface area contributed by atoms with Gasteiger partial charge in [0.15, 0.2) is 0 Å². The van der Waals surface area contributed by atoms with E-state index in [4.69, 9.17) is 4.42 Å². The first kappa shape index (κ1) is 13.2. The van der Waals surface area contributed by atoms with Gasteiger partial charge in [-0.3, -0.25) is 4.90 Å². The number of benzene rings is 1. The number of hydrogen-bond acceptors (Lipinski definition) is 3. The maximum Gasteiger partial charge on any atom is 0.327 e. The van der Waals surface area contributed by atoms with Gasteiger partial charge in [-0.15, -0.1) is 0 Å². The molecule has 1 atom stereocenters. The summed E-state index contributed by atoms with van der Waals surface area (Å²) >= 11 is 0. The number of carbonyl (C=O) groups is 2. The van der Waals surface area contributed by atoms with Gasteiger partial charge >= 0.3 is 12.0 Å². The number of nitrogens with one attached hydrogen (secondary N) is 1. The lowest BCUT2D eigenvalue weighted by atomic mass is 10.1. The third kappa shape index (κ3) is 2.47. The molecule has 6 nitrogen and oxygen atoms in total. The first-order valence-electron chi connectivity index (χ1n) is 6.55. The molecule has 3 rings (SSSR count). The van der Waals surface area contributed by atoms with E-state index in [0.717, 1.165) is 11.1 Å². The first-order chi connectivity index (χ1) is 10.2. The predicted octanol–water partition coefficient (Wildman–Crippen LogP) is 2.01. The highest BCUT2D eigenvalue weighted by molar-refractivity contribution is 6.01. The van der Waals surface area contributed by atoms with E-state index in [-0.39, 0.29) is 0 Å². The number of amides is 2.